The van der Waals surface area contributed by atoms with Gasteiger partial charge in [0.2, 0.25) is 5.91 Å². The van der Waals surface area contributed by atoms with Crippen molar-refractivity contribution in [1.29, 1.82) is 0 Å². The van der Waals surface area contributed by atoms with E-state index in [1.54, 1.807) is 67.5 Å². The molecule has 9 heteroatoms. The fraction of sp³-hybridized carbons (Fsp3) is 0.385. The van der Waals surface area contributed by atoms with Gasteiger partial charge < -0.3 is 19.7 Å². The minimum Gasteiger partial charge on any atom is -0.497 e. The number of hydrogen-bond acceptors (Lipinski definition) is 7. The fourth-order valence-corrected chi connectivity index (χ4v) is 4.44. The Balaban J connectivity index is 1.32. The molecule has 2 heterocycles. The summed E-state index contributed by atoms with van der Waals surface area (Å²) in [5.41, 5.74) is 1.40. The van der Waals surface area contributed by atoms with Gasteiger partial charge >= 0.3 is 5.97 Å². The van der Waals surface area contributed by atoms with Crippen molar-refractivity contribution < 1.29 is 28.7 Å². The second-order valence-electron chi connectivity index (χ2n) is 8.55. The zero-order chi connectivity index (χ0) is 24.9. The largest absolute Gasteiger partial charge is 0.497 e. The van der Waals surface area contributed by atoms with Crippen LogP contribution in [-0.2, 0) is 14.3 Å². The van der Waals surface area contributed by atoms with Crippen LogP contribution in [0.1, 0.15) is 46.9 Å². The van der Waals surface area contributed by atoms with Gasteiger partial charge in [0.15, 0.2) is 0 Å². The van der Waals surface area contributed by atoms with Gasteiger partial charge in [0.1, 0.15) is 5.75 Å². The zero-order valence-electron chi connectivity index (χ0n) is 19.9. The van der Waals surface area contributed by atoms with Crippen LogP contribution < -0.4 is 15.0 Å². The van der Waals surface area contributed by atoms with Crippen LogP contribution >= 0.6 is 0 Å². The summed E-state index contributed by atoms with van der Waals surface area (Å²) in [4.78, 5) is 53.2. The number of benzene rings is 2. The van der Waals surface area contributed by atoms with Crippen molar-refractivity contribution in [3.63, 3.8) is 0 Å². The van der Waals surface area contributed by atoms with Gasteiger partial charge in [0.25, 0.3) is 11.8 Å². The molecule has 4 rings (SSSR count). The van der Waals surface area contributed by atoms with Gasteiger partial charge in [-0.05, 0) is 68.3 Å². The highest BCUT2D eigenvalue weighted by atomic mass is 16.5. The highest BCUT2D eigenvalue weighted by molar-refractivity contribution is 6.22. The molecule has 0 aliphatic carbocycles. The minimum atomic E-state index is -0.610. The summed E-state index contributed by atoms with van der Waals surface area (Å²) in [5, 5.41) is 3.32. The number of rotatable bonds is 7. The lowest BCUT2D eigenvalue weighted by molar-refractivity contribution is -0.121. The van der Waals surface area contributed by atoms with E-state index in [0.717, 1.165) is 4.90 Å². The van der Waals surface area contributed by atoms with E-state index in [1.165, 1.54) is 0 Å². The summed E-state index contributed by atoms with van der Waals surface area (Å²) >= 11 is 0. The Morgan fingerprint density at radius 2 is 1.60 bits per heavy atom. The second kappa shape index (κ2) is 10.7. The number of nitrogens with one attached hydrogen (secondary N) is 1. The molecule has 2 aromatic carbocycles. The van der Waals surface area contributed by atoms with Gasteiger partial charge in [0, 0.05) is 24.7 Å². The standard InChI is InChI=1S/C26H29N3O6/c1-3-35-26(33)18-4-8-20(9-5-18)29-23(30)16-22(25(29)32)27-19-12-14-28(15-13-19)24(31)17-6-10-21(34-2)11-7-17/h4-11,19,22,27H,3,12-16H2,1-2H3/t22-/m0/s1. The molecule has 2 saturated heterocycles. The van der Waals surface area contributed by atoms with Gasteiger partial charge in [0.05, 0.1) is 37.4 Å². The van der Waals surface area contributed by atoms with Gasteiger partial charge in [-0.1, -0.05) is 0 Å². The quantitative estimate of drug-likeness (QED) is 0.480. The first-order chi connectivity index (χ1) is 16.9. The maximum atomic E-state index is 13.0. The first kappa shape index (κ1) is 24.4. The van der Waals surface area contributed by atoms with E-state index in [0.29, 0.717) is 48.5 Å². The SMILES string of the molecule is CCOC(=O)c1ccc(N2C(=O)C[C@H](NC3CCN(C(=O)c4ccc(OC)cc4)CC3)C2=O)cc1. The monoisotopic (exact) mass is 479 g/mol. The molecule has 35 heavy (non-hydrogen) atoms. The van der Waals surface area contributed by atoms with Crippen molar-refractivity contribution >= 4 is 29.4 Å². The summed E-state index contributed by atoms with van der Waals surface area (Å²) in [6.07, 6.45) is 1.45. The average Bonchev–Trinajstić information content (AvgIpc) is 3.16. The Labute approximate surface area is 204 Å². The van der Waals surface area contributed by atoms with Gasteiger partial charge in [-0.3, -0.25) is 14.4 Å². The van der Waals surface area contributed by atoms with Crippen LogP contribution in [0.3, 0.4) is 0 Å². The maximum absolute atomic E-state index is 13.0. The van der Waals surface area contributed by atoms with Crippen LogP contribution in [0.15, 0.2) is 48.5 Å². The van der Waals surface area contributed by atoms with Crippen molar-refractivity contribution in [2.45, 2.75) is 38.3 Å². The predicted octanol–water partition coefficient (Wildman–Crippen LogP) is 2.40. The van der Waals surface area contributed by atoms with E-state index in [-0.39, 0.29) is 36.8 Å². The maximum Gasteiger partial charge on any atom is 0.338 e. The molecule has 3 amide bonds. The highest BCUT2D eigenvalue weighted by Crippen LogP contribution is 2.25. The molecule has 184 valence electrons. The molecule has 2 aliphatic heterocycles. The highest BCUT2D eigenvalue weighted by Gasteiger charge is 2.41. The number of imide groups is 1. The summed E-state index contributed by atoms with van der Waals surface area (Å²) < 4.78 is 10.1. The number of anilines is 1. The van der Waals surface area contributed by atoms with Gasteiger partial charge in [-0.25, -0.2) is 9.69 Å². The summed E-state index contributed by atoms with van der Waals surface area (Å²) in [6, 6.07) is 12.7. The van der Waals surface area contributed by atoms with Crippen molar-refractivity contribution in [2.24, 2.45) is 0 Å². The molecule has 0 aromatic heterocycles. The van der Waals surface area contributed by atoms with Crippen molar-refractivity contribution in [1.82, 2.24) is 10.2 Å². The molecule has 0 bridgehead atoms. The number of piperidine rings is 1. The van der Waals surface area contributed by atoms with Gasteiger partial charge in [-0.2, -0.15) is 0 Å². The molecule has 0 saturated carbocycles. The van der Waals surface area contributed by atoms with E-state index in [4.69, 9.17) is 9.47 Å². The number of amides is 3. The van der Waals surface area contributed by atoms with Crippen molar-refractivity contribution in [3.05, 3.63) is 59.7 Å². The molecule has 0 spiro atoms. The predicted molar refractivity (Wildman–Crippen MR) is 128 cm³/mol. The third-order valence-corrected chi connectivity index (χ3v) is 6.34. The van der Waals surface area contributed by atoms with Crippen LogP contribution in [0, 0.1) is 0 Å². The lowest BCUT2D eigenvalue weighted by Gasteiger charge is -2.33. The number of esters is 1. The number of carbonyl (C=O) groups is 4. The molecular weight excluding hydrogens is 450 g/mol. The Morgan fingerprint density at radius 3 is 2.20 bits per heavy atom. The summed E-state index contributed by atoms with van der Waals surface area (Å²) in [7, 11) is 1.58. The Bertz CT molecular complexity index is 1090. The molecule has 2 fully saturated rings. The molecule has 2 aromatic rings. The Kier molecular flexibility index (Phi) is 7.45. The number of nitrogens with zero attached hydrogens (tertiary/aromatic N) is 2. The van der Waals surface area contributed by atoms with Crippen molar-refractivity contribution in [2.75, 3.05) is 31.7 Å². The third kappa shape index (κ3) is 5.35. The second-order valence-corrected chi connectivity index (χ2v) is 8.55. The normalized spacial score (nSPS) is 18.6. The summed E-state index contributed by atoms with van der Waals surface area (Å²) in [6.45, 7) is 3.13. The average molecular weight is 480 g/mol. The van der Waals surface area contributed by atoms with E-state index in [1.807, 2.05) is 0 Å². The molecule has 0 unspecified atom stereocenters. The summed E-state index contributed by atoms with van der Waals surface area (Å²) in [5.74, 6) is -0.381. The first-order valence-corrected chi connectivity index (χ1v) is 11.7. The Hall–Kier alpha value is -3.72. The lowest BCUT2D eigenvalue weighted by Crippen LogP contribution is -2.49. The van der Waals surface area contributed by atoms with Crippen LogP contribution in [-0.4, -0.2) is 67.5 Å². The van der Waals surface area contributed by atoms with E-state index < -0.39 is 12.0 Å². The molecule has 2 aliphatic rings. The van der Waals surface area contributed by atoms with Gasteiger partial charge in [-0.15, -0.1) is 0 Å². The lowest BCUT2D eigenvalue weighted by atomic mass is 10.0. The number of likely N-dealkylation sites (tertiary alicyclic amines) is 1. The molecule has 1 N–H and O–H groups in total. The van der Waals surface area contributed by atoms with Crippen LogP contribution in [0.25, 0.3) is 0 Å². The number of hydrogen-bond donors (Lipinski definition) is 1. The molecule has 1 atom stereocenters. The van der Waals surface area contributed by atoms with Crippen LogP contribution in [0.5, 0.6) is 5.75 Å². The molecule has 9 nitrogen and oxygen atoms in total. The number of methoxy groups -OCH3 is 1. The molecular formula is C26H29N3O6. The van der Waals surface area contributed by atoms with E-state index >= 15 is 0 Å². The first-order valence-electron chi connectivity index (χ1n) is 11.7. The topological polar surface area (TPSA) is 105 Å². The fourth-order valence-electron chi connectivity index (χ4n) is 4.44. The molecule has 0 radical (unpaired) electrons. The van der Waals surface area contributed by atoms with E-state index in [9.17, 15) is 19.2 Å². The third-order valence-electron chi connectivity index (χ3n) is 6.34. The Morgan fingerprint density at radius 1 is 0.971 bits per heavy atom. The van der Waals surface area contributed by atoms with Crippen molar-refractivity contribution in [3.8, 4) is 5.75 Å². The van der Waals surface area contributed by atoms with E-state index in [2.05, 4.69) is 5.32 Å². The minimum absolute atomic E-state index is 0.0304. The number of carbonyl (C=O) groups excluding carboxylic acids is 4. The van der Waals surface area contributed by atoms with Crippen LogP contribution in [0.2, 0.25) is 0 Å². The smallest absolute Gasteiger partial charge is 0.338 e. The zero-order valence-corrected chi connectivity index (χ0v) is 19.9. The number of ether oxygens (including phenoxy) is 2. The van der Waals surface area contributed by atoms with Crippen LogP contribution in [0.4, 0.5) is 5.69 Å².